The van der Waals surface area contributed by atoms with Gasteiger partial charge in [-0.2, -0.15) is 0 Å². The maximum atomic E-state index is 12.3. The zero-order valence-corrected chi connectivity index (χ0v) is 14.1. The summed E-state index contributed by atoms with van der Waals surface area (Å²) in [7, 11) is 1.58. The summed E-state index contributed by atoms with van der Waals surface area (Å²) in [6, 6.07) is 14.7. The number of carbonyl (C=O) groups is 2. The summed E-state index contributed by atoms with van der Waals surface area (Å²) in [4.78, 5) is 23.7. The van der Waals surface area contributed by atoms with Gasteiger partial charge in [0.2, 0.25) is 5.91 Å². The summed E-state index contributed by atoms with van der Waals surface area (Å²) in [6.45, 7) is 1.80. The predicted octanol–water partition coefficient (Wildman–Crippen LogP) is 2.54. The minimum absolute atomic E-state index is 0.217. The third kappa shape index (κ3) is 5.32. The molecular formula is C19H21NO5. The summed E-state index contributed by atoms with van der Waals surface area (Å²) in [5.74, 6) is -0.910. The molecule has 2 atom stereocenters. The summed E-state index contributed by atoms with van der Waals surface area (Å²) >= 11 is 0. The number of amides is 1. The minimum Gasteiger partial charge on any atom is -0.497 e. The standard InChI is InChI=1S/C19H21NO5/c1-13(25-12-14-7-6-10-16(11-14)24-2)18(21)20-17(19(22)23)15-8-4-3-5-9-15/h3-11,13,17H,12H2,1-2H3,(H,20,21)(H,22,23)/t13?,17-/m1/s1. The molecule has 0 saturated carbocycles. The van der Waals surface area contributed by atoms with Crippen LogP contribution in [0.2, 0.25) is 0 Å². The van der Waals surface area contributed by atoms with E-state index >= 15 is 0 Å². The molecule has 0 fully saturated rings. The van der Waals surface area contributed by atoms with Crippen molar-refractivity contribution < 1.29 is 24.2 Å². The van der Waals surface area contributed by atoms with E-state index in [1.807, 2.05) is 24.3 Å². The van der Waals surface area contributed by atoms with E-state index in [2.05, 4.69) is 5.32 Å². The van der Waals surface area contributed by atoms with Gasteiger partial charge in [0.05, 0.1) is 13.7 Å². The fourth-order valence-corrected chi connectivity index (χ4v) is 2.25. The molecule has 0 aliphatic heterocycles. The number of rotatable bonds is 8. The normalized spacial score (nSPS) is 12.9. The van der Waals surface area contributed by atoms with Crippen LogP contribution in [0.4, 0.5) is 0 Å². The smallest absolute Gasteiger partial charge is 0.330 e. The Balaban J connectivity index is 1.95. The van der Waals surface area contributed by atoms with E-state index in [9.17, 15) is 14.7 Å². The van der Waals surface area contributed by atoms with E-state index in [0.717, 1.165) is 5.56 Å². The second kappa shape index (κ2) is 8.84. The lowest BCUT2D eigenvalue weighted by atomic mass is 10.1. The van der Waals surface area contributed by atoms with Crippen LogP contribution in [0.3, 0.4) is 0 Å². The number of carbonyl (C=O) groups excluding carboxylic acids is 1. The summed E-state index contributed by atoms with van der Waals surface area (Å²) in [5.41, 5.74) is 1.36. The topological polar surface area (TPSA) is 84.9 Å². The monoisotopic (exact) mass is 343 g/mol. The van der Waals surface area contributed by atoms with Gasteiger partial charge in [0.15, 0.2) is 6.04 Å². The molecule has 0 bridgehead atoms. The van der Waals surface area contributed by atoms with Gasteiger partial charge < -0.3 is 19.9 Å². The van der Waals surface area contributed by atoms with Gasteiger partial charge in [-0.3, -0.25) is 4.79 Å². The van der Waals surface area contributed by atoms with Gasteiger partial charge in [-0.05, 0) is 30.2 Å². The van der Waals surface area contributed by atoms with Crippen LogP contribution in [-0.2, 0) is 20.9 Å². The minimum atomic E-state index is -1.13. The van der Waals surface area contributed by atoms with Crippen molar-refractivity contribution in [2.24, 2.45) is 0 Å². The quantitative estimate of drug-likeness (QED) is 0.769. The molecule has 2 N–H and O–H groups in total. The Hall–Kier alpha value is -2.86. The number of ether oxygens (including phenoxy) is 2. The van der Waals surface area contributed by atoms with E-state index in [1.165, 1.54) is 0 Å². The van der Waals surface area contributed by atoms with Crippen LogP contribution in [0.25, 0.3) is 0 Å². The van der Waals surface area contributed by atoms with Crippen molar-refractivity contribution in [1.82, 2.24) is 5.32 Å². The Labute approximate surface area is 146 Å². The molecule has 0 spiro atoms. The van der Waals surface area contributed by atoms with Crippen molar-refractivity contribution in [3.63, 3.8) is 0 Å². The number of hydrogen-bond acceptors (Lipinski definition) is 4. The lowest BCUT2D eigenvalue weighted by molar-refractivity contribution is -0.144. The number of benzene rings is 2. The maximum Gasteiger partial charge on any atom is 0.330 e. The molecule has 25 heavy (non-hydrogen) atoms. The molecule has 6 heteroatoms. The van der Waals surface area contributed by atoms with E-state index in [4.69, 9.17) is 9.47 Å². The van der Waals surface area contributed by atoms with Gasteiger partial charge in [-0.25, -0.2) is 4.79 Å². The number of aliphatic carboxylic acids is 1. The van der Waals surface area contributed by atoms with Gasteiger partial charge in [0.1, 0.15) is 11.9 Å². The number of carboxylic acids is 1. The second-order valence-corrected chi connectivity index (χ2v) is 5.50. The van der Waals surface area contributed by atoms with Crippen molar-refractivity contribution >= 4 is 11.9 Å². The molecular weight excluding hydrogens is 322 g/mol. The molecule has 2 rings (SSSR count). The molecule has 0 radical (unpaired) electrons. The highest BCUT2D eigenvalue weighted by molar-refractivity contribution is 5.86. The molecule has 0 heterocycles. The molecule has 1 amide bonds. The molecule has 2 aromatic rings. The van der Waals surface area contributed by atoms with Crippen molar-refractivity contribution in [3.8, 4) is 5.75 Å². The largest absolute Gasteiger partial charge is 0.497 e. The first-order chi connectivity index (χ1) is 12.0. The number of hydrogen-bond donors (Lipinski definition) is 2. The van der Waals surface area contributed by atoms with Crippen molar-refractivity contribution in [3.05, 3.63) is 65.7 Å². The van der Waals surface area contributed by atoms with Gasteiger partial charge in [0, 0.05) is 0 Å². The SMILES string of the molecule is COc1cccc(COC(C)C(=O)N[C@@H](C(=O)O)c2ccccc2)c1. The van der Waals surface area contributed by atoms with Crippen LogP contribution >= 0.6 is 0 Å². The van der Waals surface area contributed by atoms with Gasteiger partial charge in [0.25, 0.3) is 0 Å². The lowest BCUT2D eigenvalue weighted by Gasteiger charge is -2.18. The molecule has 0 aromatic heterocycles. The predicted molar refractivity (Wildman–Crippen MR) is 92.2 cm³/mol. The fraction of sp³-hybridized carbons (Fsp3) is 0.263. The molecule has 132 valence electrons. The molecule has 0 aliphatic carbocycles. The van der Waals surface area contributed by atoms with E-state index in [0.29, 0.717) is 11.3 Å². The van der Waals surface area contributed by atoms with Crippen LogP contribution in [0.15, 0.2) is 54.6 Å². The average molecular weight is 343 g/mol. The highest BCUT2D eigenvalue weighted by Crippen LogP contribution is 2.15. The highest BCUT2D eigenvalue weighted by Gasteiger charge is 2.24. The van der Waals surface area contributed by atoms with Crippen LogP contribution in [-0.4, -0.2) is 30.2 Å². The first kappa shape index (κ1) is 18.5. The van der Waals surface area contributed by atoms with Crippen molar-refractivity contribution in [2.75, 3.05) is 7.11 Å². The maximum absolute atomic E-state index is 12.3. The number of nitrogens with one attached hydrogen (secondary N) is 1. The Kier molecular flexibility index (Phi) is 6.54. The number of methoxy groups -OCH3 is 1. The fourth-order valence-electron chi connectivity index (χ4n) is 2.25. The van der Waals surface area contributed by atoms with Gasteiger partial charge in [-0.15, -0.1) is 0 Å². The summed E-state index contributed by atoms with van der Waals surface area (Å²) in [5, 5.41) is 11.9. The third-order valence-electron chi connectivity index (χ3n) is 3.67. The average Bonchev–Trinajstić information content (AvgIpc) is 2.64. The first-order valence-corrected chi connectivity index (χ1v) is 7.84. The summed E-state index contributed by atoms with van der Waals surface area (Å²) < 4.78 is 10.7. The number of carboxylic acid groups (broad SMARTS) is 1. The van der Waals surface area contributed by atoms with Crippen LogP contribution in [0.1, 0.15) is 24.1 Å². The highest BCUT2D eigenvalue weighted by atomic mass is 16.5. The van der Waals surface area contributed by atoms with Crippen molar-refractivity contribution in [2.45, 2.75) is 25.7 Å². The second-order valence-electron chi connectivity index (χ2n) is 5.50. The van der Waals surface area contributed by atoms with E-state index in [-0.39, 0.29) is 6.61 Å². The van der Waals surface area contributed by atoms with Gasteiger partial charge in [-0.1, -0.05) is 42.5 Å². The summed E-state index contributed by atoms with van der Waals surface area (Å²) in [6.07, 6.45) is -0.795. The zero-order chi connectivity index (χ0) is 18.2. The van der Waals surface area contributed by atoms with Gasteiger partial charge >= 0.3 is 5.97 Å². The Morgan fingerprint density at radius 2 is 1.84 bits per heavy atom. The molecule has 1 unspecified atom stereocenters. The van der Waals surface area contributed by atoms with Crippen LogP contribution < -0.4 is 10.1 Å². The first-order valence-electron chi connectivity index (χ1n) is 7.84. The molecule has 0 saturated heterocycles. The van der Waals surface area contributed by atoms with E-state index in [1.54, 1.807) is 44.4 Å². The van der Waals surface area contributed by atoms with Crippen LogP contribution in [0.5, 0.6) is 5.75 Å². The van der Waals surface area contributed by atoms with Crippen molar-refractivity contribution in [1.29, 1.82) is 0 Å². The Morgan fingerprint density at radius 1 is 1.12 bits per heavy atom. The van der Waals surface area contributed by atoms with E-state index < -0.39 is 24.0 Å². The third-order valence-corrected chi connectivity index (χ3v) is 3.67. The van der Waals surface area contributed by atoms with Crippen LogP contribution in [0, 0.1) is 0 Å². The molecule has 0 aliphatic rings. The molecule has 2 aromatic carbocycles. The molecule has 6 nitrogen and oxygen atoms in total. The lowest BCUT2D eigenvalue weighted by Crippen LogP contribution is -2.40. The Morgan fingerprint density at radius 3 is 2.48 bits per heavy atom. The zero-order valence-electron chi connectivity index (χ0n) is 14.1. The Bertz CT molecular complexity index is 717.